The van der Waals surface area contributed by atoms with E-state index in [1.807, 2.05) is 42.8 Å². The van der Waals surface area contributed by atoms with E-state index < -0.39 is 0 Å². The van der Waals surface area contributed by atoms with Gasteiger partial charge in [0, 0.05) is 24.1 Å². The highest BCUT2D eigenvalue weighted by Crippen LogP contribution is 2.20. The maximum Gasteiger partial charge on any atom is 0.271 e. The van der Waals surface area contributed by atoms with Crippen LogP contribution in [0.25, 0.3) is 0 Å². The molecule has 0 aliphatic carbocycles. The van der Waals surface area contributed by atoms with Gasteiger partial charge >= 0.3 is 0 Å². The Kier molecular flexibility index (Phi) is 6.34. The third-order valence-electron chi connectivity index (χ3n) is 3.21. The van der Waals surface area contributed by atoms with E-state index in [2.05, 4.69) is 27.6 Å². The Balaban J connectivity index is 1.90. The number of nitrogens with one attached hydrogen (secondary N) is 1. The van der Waals surface area contributed by atoms with Crippen LogP contribution in [0, 0.1) is 0 Å². The maximum atomic E-state index is 12.0. The van der Waals surface area contributed by atoms with Crippen LogP contribution in [0.3, 0.4) is 0 Å². The maximum absolute atomic E-state index is 12.0. The molecule has 0 spiro atoms. The topological polar surface area (TPSA) is 72.2 Å². The number of carbonyl (C=O) groups excluding carboxylic acids is 1. The van der Waals surface area contributed by atoms with Gasteiger partial charge in [0.1, 0.15) is 6.33 Å². The number of aromatic nitrogens is 3. The predicted octanol–water partition coefficient (Wildman–Crippen LogP) is 3.01. The summed E-state index contributed by atoms with van der Waals surface area (Å²) >= 11 is 1.61. The Labute approximate surface area is 140 Å². The van der Waals surface area contributed by atoms with Crippen molar-refractivity contribution in [2.24, 2.45) is 12.1 Å². The molecule has 0 bridgehead atoms. The zero-order valence-corrected chi connectivity index (χ0v) is 14.4. The van der Waals surface area contributed by atoms with Crippen molar-refractivity contribution in [3.05, 3.63) is 41.7 Å². The smallest absolute Gasteiger partial charge is 0.271 e. The molecule has 1 aromatic carbocycles. The van der Waals surface area contributed by atoms with Gasteiger partial charge in [0.25, 0.3) is 5.91 Å². The molecule has 0 saturated carbocycles. The zero-order valence-electron chi connectivity index (χ0n) is 13.6. The highest BCUT2D eigenvalue weighted by atomic mass is 32.2. The number of aryl methyl sites for hydroxylation is 1. The molecule has 2 rings (SSSR count). The first-order chi connectivity index (χ1) is 11.1. The van der Waals surface area contributed by atoms with Crippen molar-refractivity contribution in [2.45, 2.75) is 37.6 Å². The van der Waals surface area contributed by atoms with E-state index >= 15 is 0 Å². The lowest BCUT2D eigenvalue weighted by Gasteiger charge is -2.04. The molecular formula is C16H21N5OS. The van der Waals surface area contributed by atoms with Gasteiger partial charge in [-0.05, 0) is 31.0 Å². The monoisotopic (exact) mass is 331 g/mol. The van der Waals surface area contributed by atoms with E-state index in [0.717, 1.165) is 35.0 Å². The first-order valence-electron chi connectivity index (χ1n) is 7.49. The number of nitrogens with zero attached hydrogens (tertiary/aromatic N) is 4. The molecule has 1 amide bonds. The first kappa shape index (κ1) is 17.2. The second-order valence-corrected chi connectivity index (χ2v) is 6.19. The van der Waals surface area contributed by atoms with Crippen LogP contribution in [0.1, 0.15) is 42.6 Å². The van der Waals surface area contributed by atoms with E-state index in [4.69, 9.17) is 0 Å². The van der Waals surface area contributed by atoms with Crippen LogP contribution < -0.4 is 5.43 Å². The van der Waals surface area contributed by atoms with Gasteiger partial charge in [-0.1, -0.05) is 37.2 Å². The lowest BCUT2D eigenvalue weighted by atomic mass is 10.1. The Bertz CT molecular complexity index is 678. The first-order valence-corrected chi connectivity index (χ1v) is 8.48. The van der Waals surface area contributed by atoms with E-state index in [1.54, 1.807) is 18.1 Å². The fourth-order valence-electron chi connectivity index (χ4n) is 1.93. The highest BCUT2D eigenvalue weighted by Gasteiger charge is 2.06. The average molecular weight is 331 g/mol. The largest absolute Gasteiger partial charge is 0.312 e. The quantitative estimate of drug-likeness (QED) is 0.481. The molecule has 1 N–H and O–H groups in total. The van der Waals surface area contributed by atoms with Gasteiger partial charge in [-0.2, -0.15) is 5.10 Å². The summed E-state index contributed by atoms with van der Waals surface area (Å²) in [5.74, 6) is 0.593. The van der Waals surface area contributed by atoms with Gasteiger partial charge in [-0.25, -0.2) is 5.43 Å². The molecule has 1 aromatic heterocycles. The van der Waals surface area contributed by atoms with Crippen LogP contribution in [-0.4, -0.2) is 26.4 Å². The van der Waals surface area contributed by atoms with Crippen molar-refractivity contribution >= 4 is 23.4 Å². The highest BCUT2D eigenvalue weighted by molar-refractivity contribution is 7.98. The summed E-state index contributed by atoms with van der Waals surface area (Å²) in [5, 5.41) is 12.8. The van der Waals surface area contributed by atoms with Crippen LogP contribution in [0.4, 0.5) is 0 Å². The molecule has 7 heteroatoms. The third-order valence-corrected chi connectivity index (χ3v) is 4.32. The average Bonchev–Trinajstić information content (AvgIpc) is 2.96. The van der Waals surface area contributed by atoms with Crippen molar-refractivity contribution in [1.29, 1.82) is 0 Å². The number of hydrazone groups is 1. The van der Waals surface area contributed by atoms with Crippen LogP contribution in [0.2, 0.25) is 0 Å². The number of hydrogen-bond donors (Lipinski definition) is 1. The molecule has 122 valence electrons. The normalized spacial score (nSPS) is 11.5. The summed E-state index contributed by atoms with van der Waals surface area (Å²) in [6.07, 6.45) is 3.58. The molecule has 6 nitrogen and oxygen atoms in total. The minimum atomic E-state index is -0.187. The van der Waals surface area contributed by atoms with Gasteiger partial charge in [-0.3, -0.25) is 4.79 Å². The third kappa shape index (κ3) is 5.21. The Morgan fingerprint density at radius 1 is 1.35 bits per heavy atom. The molecule has 0 atom stereocenters. The molecule has 0 aliphatic rings. The second-order valence-electron chi connectivity index (χ2n) is 5.25. The Hall–Kier alpha value is -2.15. The molecule has 23 heavy (non-hydrogen) atoms. The summed E-state index contributed by atoms with van der Waals surface area (Å²) < 4.78 is 1.88. The van der Waals surface area contributed by atoms with Crippen LogP contribution in [0.5, 0.6) is 0 Å². The molecule has 0 aliphatic heterocycles. The van der Waals surface area contributed by atoms with Crippen molar-refractivity contribution in [1.82, 2.24) is 20.2 Å². The summed E-state index contributed by atoms with van der Waals surface area (Å²) in [5.41, 5.74) is 5.24. The van der Waals surface area contributed by atoms with Gasteiger partial charge < -0.3 is 4.57 Å². The van der Waals surface area contributed by atoms with E-state index in [9.17, 15) is 4.79 Å². The number of carbonyl (C=O) groups is 1. The molecule has 2 aromatic rings. The van der Waals surface area contributed by atoms with Gasteiger partial charge in [0.05, 0.1) is 0 Å². The Morgan fingerprint density at radius 2 is 2.09 bits per heavy atom. The predicted molar refractivity (Wildman–Crippen MR) is 92.5 cm³/mol. The van der Waals surface area contributed by atoms with Crippen LogP contribution >= 0.6 is 11.8 Å². The van der Waals surface area contributed by atoms with E-state index in [0.29, 0.717) is 5.56 Å². The number of rotatable bonds is 7. The fourth-order valence-corrected chi connectivity index (χ4v) is 2.78. The van der Waals surface area contributed by atoms with Crippen molar-refractivity contribution in [2.75, 3.05) is 0 Å². The minimum Gasteiger partial charge on any atom is -0.312 e. The van der Waals surface area contributed by atoms with Crippen molar-refractivity contribution < 1.29 is 4.79 Å². The number of benzene rings is 1. The summed E-state index contributed by atoms with van der Waals surface area (Å²) in [6, 6.07) is 7.51. The van der Waals surface area contributed by atoms with Gasteiger partial charge in [0.15, 0.2) is 5.16 Å². The molecule has 0 fully saturated rings. The van der Waals surface area contributed by atoms with Crippen molar-refractivity contribution in [3.63, 3.8) is 0 Å². The standard InChI is InChI=1S/C16H21N5OS/c1-4-5-12(2)18-19-15(22)14-8-6-13(7-9-14)10-23-16-20-17-11-21(16)3/h6-9,11H,4-5,10H2,1-3H3,(H,19,22)/b18-12-. The second kappa shape index (κ2) is 8.47. The SMILES string of the molecule is CCC/C(C)=N\NC(=O)c1ccc(CSc2nncn2C)cc1. The lowest BCUT2D eigenvalue weighted by molar-refractivity contribution is 0.0954. The molecule has 0 saturated heterocycles. The molecule has 1 heterocycles. The summed E-state index contributed by atoms with van der Waals surface area (Å²) in [7, 11) is 1.91. The summed E-state index contributed by atoms with van der Waals surface area (Å²) in [6.45, 7) is 4.00. The number of amides is 1. The fraction of sp³-hybridized carbons (Fsp3) is 0.375. The molecule has 0 radical (unpaired) electrons. The zero-order chi connectivity index (χ0) is 16.7. The van der Waals surface area contributed by atoms with Crippen LogP contribution in [-0.2, 0) is 12.8 Å². The lowest BCUT2D eigenvalue weighted by Crippen LogP contribution is -2.18. The number of thioether (sulfide) groups is 1. The van der Waals surface area contributed by atoms with E-state index in [1.165, 1.54) is 0 Å². The number of hydrogen-bond acceptors (Lipinski definition) is 5. The van der Waals surface area contributed by atoms with E-state index in [-0.39, 0.29) is 5.91 Å². The van der Waals surface area contributed by atoms with Crippen LogP contribution in [0.15, 0.2) is 40.9 Å². The van der Waals surface area contributed by atoms with Gasteiger partial charge in [0.2, 0.25) is 0 Å². The van der Waals surface area contributed by atoms with Gasteiger partial charge in [-0.15, -0.1) is 10.2 Å². The Morgan fingerprint density at radius 3 is 2.70 bits per heavy atom. The molecular weight excluding hydrogens is 310 g/mol. The minimum absolute atomic E-state index is 0.187. The van der Waals surface area contributed by atoms with Crippen molar-refractivity contribution in [3.8, 4) is 0 Å². The molecule has 0 unspecified atom stereocenters. The summed E-state index contributed by atoms with van der Waals surface area (Å²) in [4.78, 5) is 12.0.